The van der Waals surface area contributed by atoms with Gasteiger partial charge in [-0.05, 0) is 51.2 Å². The third-order valence-corrected chi connectivity index (χ3v) is 4.54. The third kappa shape index (κ3) is 5.00. The molecule has 0 atom stereocenters. The minimum absolute atomic E-state index is 0.493. The van der Waals surface area contributed by atoms with Gasteiger partial charge in [0.25, 0.3) is 0 Å². The summed E-state index contributed by atoms with van der Waals surface area (Å²) in [6, 6.07) is 6.32. The normalized spacial score (nSPS) is 14.4. The van der Waals surface area contributed by atoms with Crippen molar-refractivity contribution in [1.29, 1.82) is 0 Å². The Bertz CT molecular complexity index is 759. The van der Waals surface area contributed by atoms with Crippen molar-refractivity contribution in [3.8, 4) is 5.75 Å². The van der Waals surface area contributed by atoms with Crippen LogP contribution in [-0.2, 0) is 13.1 Å². The van der Waals surface area contributed by atoms with Crippen molar-refractivity contribution in [3.63, 3.8) is 0 Å². The Morgan fingerprint density at radius 1 is 1.23 bits per heavy atom. The fraction of sp³-hybridized carbons (Fsp3) is 0.500. The standard InChI is InChI=1S/C20H28N4O2/c1-13-5-8-17(18(9-13)25-12-16-6-7-16)10-22-20(21-4)23-11-19-24-14(2)15(3)26-19/h5,8-9,16H,6-7,10-12H2,1-4H3,(H2,21,22,23). The van der Waals surface area contributed by atoms with Crippen LogP contribution in [0, 0.1) is 26.7 Å². The van der Waals surface area contributed by atoms with Gasteiger partial charge in [-0.1, -0.05) is 12.1 Å². The summed E-state index contributed by atoms with van der Waals surface area (Å²) < 4.78 is 11.6. The lowest BCUT2D eigenvalue weighted by Gasteiger charge is -2.15. The van der Waals surface area contributed by atoms with Crippen LogP contribution in [0.1, 0.15) is 41.3 Å². The zero-order valence-electron chi connectivity index (χ0n) is 16.1. The summed E-state index contributed by atoms with van der Waals surface area (Å²) in [6.07, 6.45) is 2.57. The molecule has 1 aromatic carbocycles. The zero-order chi connectivity index (χ0) is 18.5. The van der Waals surface area contributed by atoms with E-state index in [-0.39, 0.29) is 0 Å². The number of guanidine groups is 1. The van der Waals surface area contributed by atoms with Gasteiger partial charge in [-0.15, -0.1) is 0 Å². The fourth-order valence-corrected chi connectivity index (χ4v) is 2.61. The van der Waals surface area contributed by atoms with Crippen molar-refractivity contribution in [3.05, 3.63) is 46.7 Å². The van der Waals surface area contributed by atoms with Crippen molar-refractivity contribution in [2.24, 2.45) is 10.9 Å². The van der Waals surface area contributed by atoms with Crippen molar-refractivity contribution in [1.82, 2.24) is 15.6 Å². The first-order valence-electron chi connectivity index (χ1n) is 9.15. The van der Waals surface area contributed by atoms with E-state index in [9.17, 15) is 0 Å². The monoisotopic (exact) mass is 356 g/mol. The lowest BCUT2D eigenvalue weighted by Crippen LogP contribution is -2.36. The molecule has 0 saturated heterocycles. The van der Waals surface area contributed by atoms with Crippen LogP contribution in [0.2, 0.25) is 0 Å². The molecular weight excluding hydrogens is 328 g/mol. The Morgan fingerprint density at radius 2 is 2.00 bits per heavy atom. The van der Waals surface area contributed by atoms with Crippen LogP contribution in [-0.4, -0.2) is 24.6 Å². The minimum Gasteiger partial charge on any atom is -0.493 e. The molecular formula is C20H28N4O2. The van der Waals surface area contributed by atoms with Crippen molar-refractivity contribution >= 4 is 5.96 Å². The first-order chi connectivity index (χ1) is 12.5. The average molecular weight is 356 g/mol. The van der Waals surface area contributed by atoms with Gasteiger partial charge in [0, 0.05) is 19.2 Å². The van der Waals surface area contributed by atoms with Crippen LogP contribution in [0.15, 0.2) is 27.6 Å². The predicted molar refractivity (Wildman–Crippen MR) is 102 cm³/mol. The first kappa shape index (κ1) is 18.3. The largest absolute Gasteiger partial charge is 0.493 e. The number of nitrogens with one attached hydrogen (secondary N) is 2. The van der Waals surface area contributed by atoms with Gasteiger partial charge in [0.2, 0.25) is 5.89 Å². The smallest absolute Gasteiger partial charge is 0.214 e. The Hall–Kier alpha value is -2.50. The average Bonchev–Trinajstić information content (AvgIpc) is 3.39. The SMILES string of the molecule is CN=C(NCc1nc(C)c(C)o1)NCc1ccc(C)cc1OCC1CC1. The highest BCUT2D eigenvalue weighted by molar-refractivity contribution is 5.79. The van der Waals surface area contributed by atoms with Gasteiger partial charge in [-0.2, -0.15) is 0 Å². The molecule has 1 aliphatic rings. The summed E-state index contributed by atoms with van der Waals surface area (Å²) in [4.78, 5) is 8.64. The quantitative estimate of drug-likeness (QED) is 0.588. The molecule has 0 unspecified atom stereocenters. The highest BCUT2D eigenvalue weighted by Gasteiger charge is 2.22. The predicted octanol–water partition coefficient (Wildman–Crippen LogP) is 3.25. The Labute approximate surface area is 155 Å². The van der Waals surface area contributed by atoms with Crippen LogP contribution in [0.3, 0.4) is 0 Å². The molecule has 1 heterocycles. The molecule has 26 heavy (non-hydrogen) atoms. The lowest BCUT2D eigenvalue weighted by atomic mass is 10.1. The molecule has 0 aliphatic heterocycles. The third-order valence-electron chi connectivity index (χ3n) is 4.54. The van der Waals surface area contributed by atoms with Gasteiger partial charge in [-0.25, -0.2) is 4.98 Å². The van der Waals surface area contributed by atoms with Crippen LogP contribution < -0.4 is 15.4 Å². The molecule has 6 heteroatoms. The number of nitrogens with zero attached hydrogens (tertiary/aromatic N) is 2. The van der Waals surface area contributed by atoms with Gasteiger partial charge in [0.15, 0.2) is 5.96 Å². The van der Waals surface area contributed by atoms with E-state index >= 15 is 0 Å². The number of ether oxygens (including phenoxy) is 1. The topological polar surface area (TPSA) is 71.7 Å². The van der Waals surface area contributed by atoms with E-state index in [2.05, 4.69) is 45.7 Å². The molecule has 1 saturated carbocycles. The zero-order valence-corrected chi connectivity index (χ0v) is 16.1. The van der Waals surface area contributed by atoms with E-state index in [0.29, 0.717) is 24.9 Å². The molecule has 0 bridgehead atoms. The number of hydrogen-bond donors (Lipinski definition) is 2. The van der Waals surface area contributed by atoms with Gasteiger partial charge in [0.1, 0.15) is 11.5 Å². The summed E-state index contributed by atoms with van der Waals surface area (Å²) in [5, 5.41) is 6.56. The summed E-state index contributed by atoms with van der Waals surface area (Å²) in [6.45, 7) is 7.89. The van der Waals surface area contributed by atoms with Crippen molar-refractivity contribution in [2.75, 3.05) is 13.7 Å². The van der Waals surface area contributed by atoms with Crippen LogP contribution in [0.4, 0.5) is 0 Å². The summed E-state index contributed by atoms with van der Waals surface area (Å²) in [5.74, 6) is 3.90. The first-order valence-corrected chi connectivity index (χ1v) is 9.15. The molecule has 6 nitrogen and oxygen atoms in total. The maximum Gasteiger partial charge on any atom is 0.214 e. The molecule has 0 radical (unpaired) electrons. The van der Waals surface area contributed by atoms with Crippen molar-refractivity contribution < 1.29 is 9.15 Å². The van der Waals surface area contributed by atoms with E-state index in [4.69, 9.17) is 9.15 Å². The van der Waals surface area contributed by atoms with Crippen LogP contribution in [0.25, 0.3) is 0 Å². The molecule has 2 aromatic rings. The summed E-state index contributed by atoms with van der Waals surface area (Å²) in [7, 11) is 1.75. The molecule has 140 valence electrons. The van der Waals surface area contributed by atoms with E-state index < -0.39 is 0 Å². The second kappa shape index (κ2) is 8.25. The number of aliphatic imine (C=N–C) groups is 1. The molecule has 1 fully saturated rings. The van der Waals surface area contributed by atoms with Gasteiger partial charge in [0.05, 0.1) is 18.8 Å². The van der Waals surface area contributed by atoms with E-state index in [1.54, 1.807) is 7.05 Å². The van der Waals surface area contributed by atoms with E-state index in [1.807, 2.05) is 13.8 Å². The molecule has 1 aromatic heterocycles. The van der Waals surface area contributed by atoms with Gasteiger partial charge < -0.3 is 19.8 Å². The number of benzene rings is 1. The number of oxazole rings is 1. The van der Waals surface area contributed by atoms with Gasteiger partial charge >= 0.3 is 0 Å². The molecule has 2 N–H and O–H groups in total. The van der Waals surface area contributed by atoms with E-state index in [1.165, 1.54) is 18.4 Å². The number of rotatable bonds is 7. The van der Waals surface area contributed by atoms with Gasteiger partial charge in [-0.3, -0.25) is 4.99 Å². The maximum atomic E-state index is 6.03. The van der Waals surface area contributed by atoms with E-state index in [0.717, 1.165) is 35.3 Å². The minimum atomic E-state index is 0.493. The highest BCUT2D eigenvalue weighted by atomic mass is 16.5. The molecule has 3 rings (SSSR count). The molecule has 1 aliphatic carbocycles. The Kier molecular flexibility index (Phi) is 5.81. The Balaban J connectivity index is 1.55. The second-order valence-electron chi connectivity index (χ2n) is 6.89. The lowest BCUT2D eigenvalue weighted by molar-refractivity contribution is 0.296. The number of aromatic nitrogens is 1. The Morgan fingerprint density at radius 3 is 2.65 bits per heavy atom. The highest BCUT2D eigenvalue weighted by Crippen LogP contribution is 2.30. The maximum absolute atomic E-state index is 6.03. The second-order valence-corrected chi connectivity index (χ2v) is 6.89. The fourth-order valence-electron chi connectivity index (χ4n) is 2.61. The number of aryl methyl sites for hydroxylation is 3. The molecule has 0 spiro atoms. The summed E-state index contributed by atoms with van der Waals surface area (Å²) >= 11 is 0. The van der Waals surface area contributed by atoms with Crippen LogP contribution in [0.5, 0.6) is 5.75 Å². The van der Waals surface area contributed by atoms with Crippen LogP contribution >= 0.6 is 0 Å². The van der Waals surface area contributed by atoms with Crippen molar-refractivity contribution in [2.45, 2.75) is 46.7 Å². The summed E-state index contributed by atoms with van der Waals surface area (Å²) in [5.41, 5.74) is 3.25. The number of hydrogen-bond acceptors (Lipinski definition) is 4. The molecule has 0 amide bonds.